The molecule has 1 amide bonds. The molecule has 2 rings (SSSR count). The zero-order chi connectivity index (χ0) is 16.3. The number of para-hydroxylation sites is 2. The minimum absolute atomic E-state index is 0.184. The van der Waals surface area contributed by atoms with Gasteiger partial charge in [-0.1, -0.05) is 12.1 Å². The van der Waals surface area contributed by atoms with Gasteiger partial charge in [0.25, 0.3) is 0 Å². The van der Waals surface area contributed by atoms with Crippen LogP contribution in [0.25, 0.3) is 11.0 Å². The number of nitrogens with one attached hydrogen (secondary N) is 2. The maximum Gasteiger partial charge on any atom is 0.331 e. The third kappa shape index (κ3) is 3.01. The lowest BCUT2D eigenvalue weighted by molar-refractivity contribution is -0.149. The van der Waals surface area contributed by atoms with Gasteiger partial charge in [-0.05, 0) is 19.1 Å². The highest BCUT2D eigenvalue weighted by atomic mass is 16.5. The third-order valence-corrected chi connectivity index (χ3v) is 3.30. The SMILES string of the molecule is COCC(C)(NC(=O)Cn1c(=O)[nH]c2ccccc21)C(=O)O. The van der Waals surface area contributed by atoms with Crippen molar-refractivity contribution in [3.8, 4) is 0 Å². The number of amides is 1. The third-order valence-electron chi connectivity index (χ3n) is 3.30. The van der Waals surface area contributed by atoms with Crippen LogP contribution >= 0.6 is 0 Å². The fourth-order valence-electron chi connectivity index (χ4n) is 2.19. The molecule has 0 saturated heterocycles. The van der Waals surface area contributed by atoms with E-state index in [4.69, 9.17) is 4.74 Å². The minimum atomic E-state index is -1.55. The number of imidazole rings is 1. The predicted molar refractivity (Wildman–Crippen MR) is 78.6 cm³/mol. The van der Waals surface area contributed by atoms with E-state index in [1.807, 2.05) is 0 Å². The molecule has 1 atom stereocenters. The maximum absolute atomic E-state index is 12.1. The van der Waals surface area contributed by atoms with Crippen LogP contribution < -0.4 is 11.0 Å². The summed E-state index contributed by atoms with van der Waals surface area (Å²) >= 11 is 0. The highest BCUT2D eigenvalue weighted by molar-refractivity contribution is 5.87. The van der Waals surface area contributed by atoms with Crippen molar-refractivity contribution in [2.24, 2.45) is 0 Å². The van der Waals surface area contributed by atoms with Crippen LogP contribution in [0.5, 0.6) is 0 Å². The van der Waals surface area contributed by atoms with E-state index in [0.717, 1.165) is 0 Å². The number of benzene rings is 1. The van der Waals surface area contributed by atoms with E-state index >= 15 is 0 Å². The van der Waals surface area contributed by atoms with E-state index in [9.17, 15) is 19.5 Å². The van der Waals surface area contributed by atoms with Gasteiger partial charge in [0.2, 0.25) is 5.91 Å². The number of fused-ring (bicyclic) bond motifs is 1. The summed E-state index contributed by atoms with van der Waals surface area (Å²) in [6.45, 7) is 0.876. The summed E-state index contributed by atoms with van der Waals surface area (Å²) < 4.78 is 6.08. The smallest absolute Gasteiger partial charge is 0.331 e. The van der Waals surface area contributed by atoms with Crippen LogP contribution in [0.3, 0.4) is 0 Å². The number of methoxy groups -OCH3 is 1. The lowest BCUT2D eigenvalue weighted by Gasteiger charge is -2.25. The number of nitrogens with zero attached hydrogens (tertiary/aromatic N) is 1. The van der Waals surface area contributed by atoms with Gasteiger partial charge in [-0.25, -0.2) is 9.59 Å². The lowest BCUT2D eigenvalue weighted by Crippen LogP contribution is -2.56. The molecule has 118 valence electrons. The first-order valence-corrected chi connectivity index (χ1v) is 6.58. The number of aromatic amines is 1. The molecule has 2 aromatic rings. The fraction of sp³-hybridized carbons (Fsp3) is 0.357. The Labute approximate surface area is 125 Å². The Balaban J connectivity index is 2.22. The van der Waals surface area contributed by atoms with Crippen molar-refractivity contribution in [1.82, 2.24) is 14.9 Å². The van der Waals surface area contributed by atoms with Gasteiger partial charge in [0, 0.05) is 7.11 Å². The molecule has 0 radical (unpaired) electrons. The molecule has 1 unspecified atom stereocenters. The number of aliphatic carboxylic acids is 1. The number of ether oxygens (including phenoxy) is 1. The summed E-state index contributed by atoms with van der Waals surface area (Å²) in [5.41, 5.74) is -0.800. The van der Waals surface area contributed by atoms with Gasteiger partial charge >= 0.3 is 11.7 Å². The molecule has 0 aliphatic heterocycles. The molecule has 0 spiro atoms. The van der Waals surface area contributed by atoms with Crippen LogP contribution in [-0.4, -0.2) is 45.8 Å². The monoisotopic (exact) mass is 307 g/mol. The summed E-state index contributed by atoms with van der Waals surface area (Å²) in [6, 6.07) is 6.93. The molecule has 3 N–H and O–H groups in total. The minimum Gasteiger partial charge on any atom is -0.479 e. The van der Waals surface area contributed by atoms with E-state index in [-0.39, 0.29) is 13.2 Å². The zero-order valence-electron chi connectivity index (χ0n) is 12.3. The Morgan fingerprint density at radius 1 is 1.41 bits per heavy atom. The molecule has 1 aromatic carbocycles. The average Bonchev–Trinajstić information content (AvgIpc) is 2.75. The van der Waals surface area contributed by atoms with Gasteiger partial charge < -0.3 is 20.1 Å². The number of aromatic nitrogens is 2. The second-order valence-electron chi connectivity index (χ2n) is 5.15. The molecule has 0 saturated carbocycles. The van der Waals surface area contributed by atoms with E-state index in [0.29, 0.717) is 11.0 Å². The first-order valence-electron chi connectivity index (χ1n) is 6.58. The highest BCUT2D eigenvalue weighted by Crippen LogP contribution is 2.09. The first kappa shape index (κ1) is 15.8. The highest BCUT2D eigenvalue weighted by Gasteiger charge is 2.35. The van der Waals surface area contributed by atoms with Crippen molar-refractivity contribution in [1.29, 1.82) is 0 Å². The van der Waals surface area contributed by atoms with Gasteiger partial charge in [0.15, 0.2) is 5.54 Å². The molecular formula is C14H17N3O5. The largest absolute Gasteiger partial charge is 0.479 e. The number of hydrogen-bond donors (Lipinski definition) is 3. The van der Waals surface area contributed by atoms with Crippen LogP contribution in [0.1, 0.15) is 6.92 Å². The van der Waals surface area contributed by atoms with Crippen LogP contribution in [0.2, 0.25) is 0 Å². The van der Waals surface area contributed by atoms with Crippen molar-refractivity contribution in [3.05, 3.63) is 34.7 Å². The Kier molecular flexibility index (Phi) is 4.32. The topological polar surface area (TPSA) is 113 Å². The normalized spacial score (nSPS) is 13.7. The summed E-state index contributed by atoms with van der Waals surface area (Å²) in [5.74, 6) is -1.80. The number of rotatable bonds is 6. The van der Waals surface area contributed by atoms with Crippen LogP contribution in [0.15, 0.2) is 29.1 Å². The molecule has 1 heterocycles. The van der Waals surface area contributed by atoms with E-state index in [1.54, 1.807) is 24.3 Å². The van der Waals surface area contributed by atoms with Crippen LogP contribution in [0.4, 0.5) is 0 Å². The van der Waals surface area contributed by atoms with Gasteiger partial charge in [0.1, 0.15) is 6.54 Å². The Hall–Kier alpha value is -2.61. The summed E-state index contributed by atoms with van der Waals surface area (Å²) in [6.07, 6.45) is 0. The van der Waals surface area contributed by atoms with Crippen LogP contribution in [-0.2, 0) is 20.9 Å². The number of hydrogen-bond acceptors (Lipinski definition) is 4. The number of H-pyrrole nitrogens is 1. The second-order valence-corrected chi connectivity index (χ2v) is 5.15. The number of carbonyl (C=O) groups excluding carboxylic acids is 1. The van der Waals surface area contributed by atoms with Crippen molar-refractivity contribution in [3.63, 3.8) is 0 Å². The molecule has 0 fully saturated rings. The molecule has 1 aromatic heterocycles. The maximum atomic E-state index is 12.1. The molecule has 8 heteroatoms. The average molecular weight is 307 g/mol. The Bertz CT molecular complexity index is 763. The van der Waals surface area contributed by atoms with Gasteiger partial charge in [-0.3, -0.25) is 9.36 Å². The molecule has 0 bridgehead atoms. The Morgan fingerprint density at radius 3 is 2.73 bits per heavy atom. The lowest BCUT2D eigenvalue weighted by atomic mass is 10.0. The van der Waals surface area contributed by atoms with Crippen molar-refractivity contribution in [2.75, 3.05) is 13.7 Å². The van der Waals surface area contributed by atoms with E-state index < -0.39 is 23.1 Å². The van der Waals surface area contributed by atoms with Crippen molar-refractivity contribution < 1.29 is 19.4 Å². The van der Waals surface area contributed by atoms with Gasteiger partial charge in [0.05, 0.1) is 17.6 Å². The molecule has 0 aliphatic rings. The van der Waals surface area contributed by atoms with E-state index in [1.165, 1.54) is 18.6 Å². The van der Waals surface area contributed by atoms with Crippen LogP contribution in [0, 0.1) is 0 Å². The number of carboxylic acid groups (broad SMARTS) is 1. The predicted octanol–water partition coefficient (Wildman–Crippen LogP) is -0.0645. The second kappa shape index (κ2) is 6.02. The molecule has 22 heavy (non-hydrogen) atoms. The molecular weight excluding hydrogens is 290 g/mol. The first-order chi connectivity index (χ1) is 10.4. The summed E-state index contributed by atoms with van der Waals surface area (Å²) in [5, 5.41) is 11.6. The molecule has 8 nitrogen and oxygen atoms in total. The van der Waals surface area contributed by atoms with Gasteiger partial charge in [-0.2, -0.15) is 0 Å². The van der Waals surface area contributed by atoms with Crippen molar-refractivity contribution in [2.45, 2.75) is 19.0 Å². The fourth-order valence-corrected chi connectivity index (χ4v) is 2.19. The summed E-state index contributed by atoms with van der Waals surface area (Å²) in [4.78, 5) is 37.9. The number of carbonyl (C=O) groups is 2. The Morgan fingerprint density at radius 2 is 2.09 bits per heavy atom. The number of carboxylic acids is 1. The molecule has 0 aliphatic carbocycles. The van der Waals surface area contributed by atoms with E-state index in [2.05, 4.69) is 10.3 Å². The summed E-state index contributed by atoms with van der Waals surface area (Å²) in [7, 11) is 1.34. The quantitative estimate of drug-likeness (QED) is 0.691. The van der Waals surface area contributed by atoms with Gasteiger partial charge in [-0.15, -0.1) is 0 Å². The van der Waals surface area contributed by atoms with Crippen molar-refractivity contribution >= 4 is 22.9 Å². The zero-order valence-corrected chi connectivity index (χ0v) is 12.3. The standard InChI is InChI=1S/C14H17N3O5/c1-14(8-22-2,12(19)20)16-11(18)7-17-10-6-4-3-5-9(10)15-13(17)21/h3-6H,7-8H2,1-2H3,(H,15,21)(H,16,18)(H,19,20).